The predicted molar refractivity (Wildman–Crippen MR) is 360 cm³/mol. The van der Waals surface area contributed by atoms with E-state index >= 15 is 0 Å². The topological polar surface area (TPSA) is 111 Å². The highest BCUT2D eigenvalue weighted by Crippen LogP contribution is 2.38. The van der Waals surface area contributed by atoms with E-state index in [4.69, 9.17) is 18.5 Å². The van der Waals surface area contributed by atoms with Gasteiger partial charge in [-0.1, -0.05) is 304 Å². The highest BCUT2D eigenvalue weighted by molar-refractivity contribution is 7.45. The van der Waals surface area contributed by atoms with Gasteiger partial charge in [0.15, 0.2) is 6.10 Å². The molecule has 0 radical (unpaired) electrons. The van der Waals surface area contributed by atoms with Gasteiger partial charge in [0, 0.05) is 12.8 Å². The van der Waals surface area contributed by atoms with Crippen LogP contribution in [0.1, 0.15) is 322 Å². The van der Waals surface area contributed by atoms with Crippen LogP contribution >= 0.6 is 7.82 Å². The van der Waals surface area contributed by atoms with Gasteiger partial charge in [-0.15, -0.1) is 0 Å². The summed E-state index contributed by atoms with van der Waals surface area (Å²) in [6.45, 7) is 4.14. The van der Waals surface area contributed by atoms with E-state index < -0.39 is 26.5 Å². The number of likely N-dealkylation sites (N-methyl/N-ethyl adjacent to an activating group) is 1. The van der Waals surface area contributed by atoms with Crippen molar-refractivity contribution >= 4 is 19.8 Å². The summed E-state index contributed by atoms with van der Waals surface area (Å²) in [4.78, 5) is 38.0. The molecule has 0 amide bonds. The molecule has 9 nitrogen and oxygen atoms in total. The van der Waals surface area contributed by atoms with Crippen molar-refractivity contribution in [2.75, 3.05) is 47.5 Å². The van der Waals surface area contributed by atoms with Gasteiger partial charge >= 0.3 is 11.9 Å². The number of allylic oxidation sites excluding steroid dienone is 14. The summed E-state index contributed by atoms with van der Waals surface area (Å²) in [6, 6.07) is 0. The maximum absolute atomic E-state index is 12.8. The predicted octanol–water partition coefficient (Wildman–Crippen LogP) is 22.3. The van der Waals surface area contributed by atoms with Crippen LogP contribution in [-0.4, -0.2) is 70.0 Å². The van der Waals surface area contributed by atoms with E-state index in [9.17, 15) is 19.0 Å². The number of ether oxygens (including phenoxy) is 2. The van der Waals surface area contributed by atoms with Crippen LogP contribution in [0.3, 0.4) is 0 Å². The Kier molecular flexibility index (Phi) is 62.5. The van der Waals surface area contributed by atoms with Crippen molar-refractivity contribution in [1.82, 2.24) is 0 Å². The Morgan fingerprint density at radius 1 is 0.381 bits per heavy atom. The molecule has 0 aliphatic carbocycles. The van der Waals surface area contributed by atoms with Crippen molar-refractivity contribution in [3.63, 3.8) is 0 Å². The largest absolute Gasteiger partial charge is 0.756 e. The average molecular weight is 1200 g/mol. The van der Waals surface area contributed by atoms with E-state index in [1.54, 1.807) is 0 Å². The van der Waals surface area contributed by atoms with Crippen molar-refractivity contribution in [1.29, 1.82) is 0 Å². The molecular formula is C74H134NO8P. The molecular weight excluding hydrogens is 1060 g/mol. The minimum absolute atomic E-state index is 0.0365. The van der Waals surface area contributed by atoms with Crippen molar-refractivity contribution < 1.29 is 42.1 Å². The van der Waals surface area contributed by atoms with Gasteiger partial charge in [-0.2, -0.15) is 0 Å². The van der Waals surface area contributed by atoms with Crippen LogP contribution in [0.15, 0.2) is 85.1 Å². The average Bonchev–Trinajstić information content (AvgIpc) is 3.60. The van der Waals surface area contributed by atoms with Gasteiger partial charge in [-0.25, -0.2) is 0 Å². The molecule has 84 heavy (non-hydrogen) atoms. The summed E-state index contributed by atoms with van der Waals surface area (Å²) < 4.78 is 34.3. The Morgan fingerprint density at radius 2 is 0.679 bits per heavy atom. The second-order valence-electron chi connectivity index (χ2n) is 24.9. The fourth-order valence-electron chi connectivity index (χ4n) is 10.0. The standard InChI is InChI=1S/C74H134NO8P/c1-6-8-10-12-14-16-18-20-22-24-26-28-30-32-33-34-35-36-37-38-39-40-41-43-44-46-48-50-52-54-56-58-60-62-64-66-73(76)80-70-72(71-82-84(78,79)81-69-68-75(3,4)5)83-74(77)67-65-63-61-59-57-55-53-51-49-47-45-42-31-29-27-25-23-21-19-17-15-13-11-9-7-2/h9,11,15,17,21,23-24,26-27,29,42,45,49,51,72H,6-8,10,12-14,16,18-20,22,25,28,30-41,43-44,46-48,50,52-71H2,1-5H3/b11-9-,17-15-,23-21-,26-24-,29-27-,45-42-,51-49-. The van der Waals surface area contributed by atoms with Crippen molar-refractivity contribution in [2.24, 2.45) is 0 Å². The van der Waals surface area contributed by atoms with Crippen molar-refractivity contribution in [2.45, 2.75) is 328 Å². The van der Waals surface area contributed by atoms with E-state index in [1.165, 1.54) is 193 Å². The lowest BCUT2D eigenvalue weighted by molar-refractivity contribution is -0.870. The number of nitrogens with zero attached hydrogens (tertiary/aromatic N) is 1. The third kappa shape index (κ3) is 68.3. The molecule has 2 unspecified atom stereocenters. The highest BCUT2D eigenvalue weighted by atomic mass is 31.2. The fourth-order valence-corrected chi connectivity index (χ4v) is 10.7. The zero-order chi connectivity index (χ0) is 61.2. The number of hydrogen-bond donors (Lipinski definition) is 0. The lowest BCUT2D eigenvalue weighted by Crippen LogP contribution is -2.37. The van der Waals surface area contributed by atoms with Gasteiger partial charge < -0.3 is 27.9 Å². The molecule has 2 atom stereocenters. The number of hydrogen-bond acceptors (Lipinski definition) is 8. The van der Waals surface area contributed by atoms with Crippen LogP contribution in [0.4, 0.5) is 0 Å². The van der Waals surface area contributed by atoms with Gasteiger partial charge in [0.1, 0.15) is 19.8 Å². The molecule has 0 spiro atoms. The van der Waals surface area contributed by atoms with Crippen LogP contribution in [0.25, 0.3) is 0 Å². The van der Waals surface area contributed by atoms with Gasteiger partial charge in [0.2, 0.25) is 0 Å². The lowest BCUT2D eigenvalue weighted by Gasteiger charge is -2.28. The van der Waals surface area contributed by atoms with Gasteiger partial charge in [0.05, 0.1) is 27.7 Å². The van der Waals surface area contributed by atoms with Gasteiger partial charge in [-0.05, 0) is 89.9 Å². The Labute approximate surface area is 520 Å². The van der Waals surface area contributed by atoms with E-state index in [-0.39, 0.29) is 32.0 Å². The fraction of sp³-hybridized carbons (Fsp3) is 0.784. The maximum Gasteiger partial charge on any atom is 0.306 e. The molecule has 10 heteroatoms. The molecule has 0 saturated heterocycles. The zero-order valence-electron chi connectivity index (χ0n) is 55.6. The molecule has 0 rings (SSSR count). The molecule has 0 N–H and O–H groups in total. The second kappa shape index (κ2) is 64.7. The summed E-state index contributed by atoms with van der Waals surface area (Å²) in [5.74, 6) is -0.842. The van der Waals surface area contributed by atoms with Crippen LogP contribution in [0.2, 0.25) is 0 Å². The lowest BCUT2D eigenvalue weighted by atomic mass is 10.0. The summed E-state index contributed by atoms with van der Waals surface area (Å²) in [5.41, 5.74) is 0. The second-order valence-corrected chi connectivity index (χ2v) is 26.3. The Bertz CT molecular complexity index is 1690. The summed E-state index contributed by atoms with van der Waals surface area (Å²) in [7, 11) is 1.16. The van der Waals surface area contributed by atoms with E-state index in [2.05, 4.69) is 98.9 Å². The first kappa shape index (κ1) is 81.2. The molecule has 0 aromatic carbocycles. The first-order valence-corrected chi connectivity index (χ1v) is 36.8. The van der Waals surface area contributed by atoms with Gasteiger partial charge in [-0.3, -0.25) is 14.2 Å². The van der Waals surface area contributed by atoms with Gasteiger partial charge in [0.25, 0.3) is 7.82 Å². The summed E-state index contributed by atoms with van der Waals surface area (Å²) >= 11 is 0. The summed E-state index contributed by atoms with van der Waals surface area (Å²) in [6.07, 6.45) is 88.2. The molecule has 0 aliphatic rings. The summed E-state index contributed by atoms with van der Waals surface area (Å²) in [5, 5.41) is 0. The van der Waals surface area contributed by atoms with Crippen LogP contribution in [0.5, 0.6) is 0 Å². The number of unbranched alkanes of at least 4 members (excludes halogenated alkanes) is 37. The molecule has 0 saturated carbocycles. The number of quaternary nitrogens is 1. The number of esters is 2. The Balaban J connectivity index is 4.02. The molecule has 488 valence electrons. The molecule has 0 bridgehead atoms. The molecule has 0 aliphatic heterocycles. The maximum atomic E-state index is 12.8. The molecule has 0 fully saturated rings. The highest BCUT2D eigenvalue weighted by Gasteiger charge is 2.22. The molecule has 0 aromatic heterocycles. The van der Waals surface area contributed by atoms with E-state index in [0.717, 1.165) is 96.3 Å². The van der Waals surface area contributed by atoms with Crippen LogP contribution in [0, 0.1) is 0 Å². The zero-order valence-corrected chi connectivity index (χ0v) is 56.5. The Morgan fingerprint density at radius 3 is 1.02 bits per heavy atom. The minimum atomic E-state index is -4.65. The minimum Gasteiger partial charge on any atom is -0.756 e. The molecule has 0 aromatic rings. The van der Waals surface area contributed by atoms with Crippen LogP contribution in [-0.2, 0) is 32.7 Å². The normalized spacial score (nSPS) is 13.6. The van der Waals surface area contributed by atoms with Crippen molar-refractivity contribution in [3.8, 4) is 0 Å². The molecule has 0 heterocycles. The quantitative estimate of drug-likeness (QED) is 0.0195. The smallest absolute Gasteiger partial charge is 0.306 e. The third-order valence-electron chi connectivity index (χ3n) is 15.4. The third-order valence-corrected chi connectivity index (χ3v) is 16.4. The number of phosphoric ester groups is 1. The number of phosphoric acid groups is 1. The SMILES string of the molecule is CC/C=C\C/C=C\C/C=C\C/C=C\C/C=C\C/C=C\CCCCCCCCC(=O)OC(COC(=O)CCCCCCCCCCCCCCCCCCCCCCCCC/C=C\CCCCCCCCCC)COP(=O)([O-])OCC[N+](C)(C)C. The number of rotatable bonds is 65. The monoisotopic (exact) mass is 1200 g/mol. The van der Waals surface area contributed by atoms with E-state index in [0.29, 0.717) is 17.4 Å². The number of carbonyl (C=O) groups is 2. The van der Waals surface area contributed by atoms with Crippen LogP contribution < -0.4 is 4.89 Å². The van der Waals surface area contributed by atoms with E-state index in [1.807, 2.05) is 21.1 Å². The van der Waals surface area contributed by atoms with Crippen molar-refractivity contribution in [3.05, 3.63) is 85.1 Å². The number of carbonyl (C=O) groups excluding carboxylic acids is 2. The first-order valence-electron chi connectivity index (χ1n) is 35.3. The first-order chi connectivity index (χ1) is 41.0. The Hall–Kier alpha value is -2.81.